The molecule has 0 amide bonds. The van der Waals surface area contributed by atoms with Crippen molar-refractivity contribution in [2.45, 2.75) is 0 Å². The molecular weight excluding hydrogens is 314 g/mol. The SMILES string of the molecule is N#Cc1ccc(Cl)cc1Nc1ccc(N)cc1Br. The van der Waals surface area contributed by atoms with E-state index in [1.807, 2.05) is 6.07 Å². The van der Waals surface area contributed by atoms with Crippen LogP contribution in [0.1, 0.15) is 5.56 Å². The number of nitrogens with two attached hydrogens (primary N) is 1. The molecule has 0 aliphatic carbocycles. The quantitative estimate of drug-likeness (QED) is 0.810. The van der Waals surface area contributed by atoms with E-state index in [2.05, 4.69) is 27.3 Å². The maximum absolute atomic E-state index is 9.04. The molecule has 3 N–H and O–H groups in total. The fraction of sp³-hybridized carbons (Fsp3) is 0. The molecule has 90 valence electrons. The molecule has 0 radical (unpaired) electrons. The molecular formula is C13H9BrClN3. The highest BCUT2D eigenvalue weighted by molar-refractivity contribution is 9.10. The molecule has 2 aromatic carbocycles. The summed E-state index contributed by atoms with van der Waals surface area (Å²) >= 11 is 9.34. The van der Waals surface area contributed by atoms with E-state index in [1.54, 1.807) is 30.3 Å². The van der Waals surface area contributed by atoms with Gasteiger partial charge in [-0.1, -0.05) is 11.6 Å². The van der Waals surface area contributed by atoms with Gasteiger partial charge < -0.3 is 11.1 Å². The molecule has 0 heterocycles. The van der Waals surface area contributed by atoms with E-state index in [4.69, 9.17) is 22.6 Å². The van der Waals surface area contributed by atoms with E-state index < -0.39 is 0 Å². The predicted molar refractivity (Wildman–Crippen MR) is 78.0 cm³/mol. The summed E-state index contributed by atoms with van der Waals surface area (Å²) in [7, 11) is 0. The zero-order valence-electron chi connectivity index (χ0n) is 9.24. The number of hydrogen-bond donors (Lipinski definition) is 2. The van der Waals surface area contributed by atoms with Gasteiger partial charge in [0.25, 0.3) is 0 Å². The largest absolute Gasteiger partial charge is 0.399 e. The van der Waals surface area contributed by atoms with Crippen LogP contribution in [-0.2, 0) is 0 Å². The van der Waals surface area contributed by atoms with Crippen LogP contribution in [0.25, 0.3) is 0 Å². The molecule has 18 heavy (non-hydrogen) atoms. The number of hydrogen-bond acceptors (Lipinski definition) is 3. The van der Waals surface area contributed by atoms with Gasteiger partial charge in [0.1, 0.15) is 6.07 Å². The second-order valence-electron chi connectivity index (χ2n) is 3.67. The van der Waals surface area contributed by atoms with Crippen molar-refractivity contribution >= 4 is 44.6 Å². The Kier molecular flexibility index (Phi) is 3.75. The van der Waals surface area contributed by atoms with Gasteiger partial charge in [-0.25, -0.2) is 0 Å². The molecule has 0 atom stereocenters. The molecule has 2 aromatic rings. The molecule has 0 aliphatic heterocycles. The standard InChI is InChI=1S/C13H9BrClN3/c14-11-6-10(17)3-4-12(11)18-13-5-9(15)2-1-8(13)7-16/h1-6,18H,17H2. The molecule has 0 bridgehead atoms. The number of nitrogens with zero attached hydrogens (tertiary/aromatic N) is 1. The van der Waals surface area contributed by atoms with Gasteiger partial charge in [0.15, 0.2) is 0 Å². The summed E-state index contributed by atoms with van der Waals surface area (Å²) in [6.45, 7) is 0. The van der Waals surface area contributed by atoms with Crippen molar-refractivity contribution < 1.29 is 0 Å². The number of rotatable bonds is 2. The average molecular weight is 323 g/mol. The van der Waals surface area contributed by atoms with Crippen LogP contribution >= 0.6 is 27.5 Å². The average Bonchev–Trinajstić information content (AvgIpc) is 2.33. The van der Waals surface area contributed by atoms with Crippen molar-refractivity contribution in [2.75, 3.05) is 11.1 Å². The minimum atomic E-state index is 0.531. The Morgan fingerprint density at radius 3 is 2.61 bits per heavy atom. The van der Waals surface area contributed by atoms with Gasteiger partial charge in [-0.3, -0.25) is 0 Å². The Bertz CT molecular complexity index is 635. The monoisotopic (exact) mass is 321 g/mol. The van der Waals surface area contributed by atoms with Gasteiger partial charge >= 0.3 is 0 Å². The summed E-state index contributed by atoms with van der Waals surface area (Å²) in [5, 5.41) is 12.8. The second-order valence-corrected chi connectivity index (χ2v) is 4.96. The van der Waals surface area contributed by atoms with Crippen molar-refractivity contribution in [1.82, 2.24) is 0 Å². The van der Waals surface area contributed by atoms with Crippen LogP contribution in [0.2, 0.25) is 5.02 Å². The van der Waals surface area contributed by atoms with Crippen molar-refractivity contribution in [1.29, 1.82) is 5.26 Å². The van der Waals surface area contributed by atoms with Gasteiger partial charge in [-0.15, -0.1) is 0 Å². The number of nitrogen functional groups attached to an aromatic ring is 1. The maximum atomic E-state index is 9.04. The third-order valence-corrected chi connectivity index (χ3v) is 3.26. The molecule has 0 aliphatic rings. The Morgan fingerprint density at radius 1 is 1.17 bits per heavy atom. The van der Waals surface area contributed by atoms with Crippen molar-refractivity contribution in [3.8, 4) is 6.07 Å². The van der Waals surface area contributed by atoms with Gasteiger partial charge in [-0.2, -0.15) is 5.26 Å². The Labute approximate surface area is 118 Å². The fourth-order valence-corrected chi connectivity index (χ4v) is 2.16. The van der Waals surface area contributed by atoms with Crippen LogP contribution < -0.4 is 11.1 Å². The highest BCUT2D eigenvalue weighted by Gasteiger charge is 2.06. The summed E-state index contributed by atoms with van der Waals surface area (Å²) in [5.41, 5.74) is 8.35. The lowest BCUT2D eigenvalue weighted by atomic mass is 10.2. The van der Waals surface area contributed by atoms with Crippen molar-refractivity contribution in [3.63, 3.8) is 0 Å². The molecule has 0 saturated heterocycles. The molecule has 0 spiro atoms. The summed E-state index contributed by atoms with van der Waals surface area (Å²) in [4.78, 5) is 0. The highest BCUT2D eigenvalue weighted by Crippen LogP contribution is 2.30. The van der Waals surface area contributed by atoms with Gasteiger partial charge in [0, 0.05) is 15.2 Å². The number of halogens is 2. The highest BCUT2D eigenvalue weighted by atomic mass is 79.9. The van der Waals surface area contributed by atoms with Crippen LogP contribution in [0.5, 0.6) is 0 Å². The molecule has 0 saturated carbocycles. The number of nitriles is 1. The van der Waals surface area contributed by atoms with Crippen LogP contribution in [0.15, 0.2) is 40.9 Å². The first kappa shape index (κ1) is 12.7. The number of benzene rings is 2. The van der Waals surface area contributed by atoms with Crippen LogP contribution in [0.3, 0.4) is 0 Å². The topological polar surface area (TPSA) is 61.8 Å². The van der Waals surface area contributed by atoms with Crippen LogP contribution in [0, 0.1) is 11.3 Å². The molecule has 3 nitrogen and oxygen atoms in total. The van der Waals surface area contributed by atoms with E-state index in [0.717, 1.165) is 10.2 Å². The molecule has 0 fully saturated rings. The lowest BCUT2D eigenvalue weighted by molar-refractivity contribution is 1.45. The normalized spacial score (nSPS) is 9.83. The second kappa shape index (κ2) is 5.30. The van der Waals surface area contributed by atoms with E-state index in [9.17, 15) is 0 Å². The zero-order chi connectivity index (χ0) is 13.1. The minimum absolute atomic E-state index is 0.531. The summed E-state index contributed by atoms with van der Waals surface area (Å²) in [6, 6.07) is 12.6. The molecule has 0 unspecified atom stereocenters. The first-order chi connectivity index (χ1) is 8.60. The number of nitrogens with one attached hydrogen (secondary N) is 1. The summed E-state index contributed by atoms with van der Waals surface area (Å²) in [6.07, 6.45) is 0. The Balaban J connectivity index is 2.40. The molecule has 5 heteroatoms. The van der Waals surface area contributed by atoms with E-state index in [0.29, 0.717) is 22.0 Å². The first-order valence-corrected chi connectivity index (χ1v) is 6.29. The van der Waals surface area contributed by atoms with E-state index >= 15 is 0 Å². The van der Waals surface area contributed by atoms with Gasteiger partial charge in [0.05, 0.1) is 16.9 Å². The smallest absolute Gasteiger partial charge is 0.101 e. The Hall–Kier alpha value is -1.70. The number of anilines is 3. The Morgan fingerprint density at radius 2 is 1.94 bits per heavy atom. The third-order valence-electron chi connectivity index (χ3n) is 2.36. The van der Waals surface area contributed by atoms with Crippen LogP contribution in [0.4, 0.5) is 17.1 Å². The summed E-state index contributed by atoms with van der Waals surface area (Å²) < 4.78 is 0.825. The summed E-state index contributed by atoms with van der Waals surface area (Å²) in [5.74, 6) is 0. The van der Waals surface area contributed by atoms with Crippen LogP contribution in [-0.4, -0.2) is 0 Å². The maximum Gasteiger partial charge on any atom is 0.101 e. The lowest BCUT2D eigenvalue weighted by Gasteiger charge is -2.11. The third kappa shape index (κ3) is 2.76. The predicted octanol–water partition coefficient (Wildman–Crippen LogP) is 4.30. The molecule has 2 rings (SSSR count). The minimum Gasteiger partial charge on any atom is -0.399 e. The fourth-order valence-electron chi connectivity index (χ4n) is 1.50. The van der Waals surface area contributed by atoms with E-state index in [1.165, 1.54) is 0 Å². The van der Waals surface area contributed by atoms with Gasteiger partial charge in [-0.05, 0) is 52.3 Å². The lowest BCUT2D eigenvalue weighted by Crippen LogP contribution is -1.95. The first-order valence-electron chi connectivity index (χ1n) is 5.12. The van der Waals surface area contributed by atoms with Crippen molar-refractivity contribution in [3.05, 3.63) is 51.5 Å². The molecule has 0 aromatic heterocycles. The van der Waals surface area contributed by atoms with Crippen molar-refractivity contribution in [2.24, 2.45) is 0 Å². The van der Waals surface area contributed by atoms with Gasteiger partial charge in [0.2, 0.25) is 0 Å². The van der Waals surface area contributed by atoms with E-state index in [-0.39, 0.29) is 0 Å². The zero-order valence-corrected chi connectivity index (χ0v) is 11.6.